The van der Waals surface area contributed by atoms with E-state index in [9.17, 15) is 39.0 Å². The van der Waals surface area contributed by atoms with Gasteiger partial charge in [0.2, 0.25) is 29.5 Å². The molecule has 4 unspecified atom stereocenters. The minimum atomic E-state index is -1.70. The lowest BCUT2D eigenvalue weighted by Crippen LogP contribution is -2.59. The molecule has 1 rings (SSSR count). The highest BCUT2D eigenvalue weighted by Gasteiger charge is 2.31. The second-order valence-corrected chi connectivity index (χ2v) is 7.52. The molecule has 0 saturated heterocycles. The largest absolute Gasteiger partial charge is 0.508 e. The second kappa shape index (κ2) is 13.5. The first-order valence-corrected chi connectivity index (χ1v) is 10.2. The third-order valence-corrected chi connectivity index (χ3v) is 4.60. The van der Waals surface area contributed by atoms with E-state index < -0.39 is 79.1 Å². The number of primary amides is 2. The molecule has 5 amide bonds. The fourth-order valence-corrected chi connectivity index (χ4v) is 2.81. The Morgan fingerprint density at radius 3 is 1.74 bits per heavy atom. The first kappa shape index (κ1) is 28.8. The SMILES string of the molecule is NC(=O)CC(N)C(=O)NC(Cc1ccc(O)cc1)C(=O)NC(CO)C(=O)NC(CC(N)=O)C(=O)O. The molecule has 12 N–H and O–H groups in total. The Hall–Kier alpha value is -4.24. The van der Waals surface area contributed by atoms with Gasteiger partial charge in [-0.25, -0.2) is 4.79 Å². The van der Waals surface area contributed by atoms with E-state index in [0.717, 1.165) is 0 Å². The minimum Gasteiger partial charge on any atom is -0.508 e. The van der Waals surface area contributed by atoms with Crippen LogP contribution >= 0.6 is 0 Å². The number of nitrogens with two attached hydrogens (primary N) is 3. The summed E-state index contributed by atoms with van der Waals surface area (Å²) in [6.45, 7) is -0.957. The fourth-order valence-electron chi connectivity index (χ4n) is 2.81. The number of carboxylic acid groups (broad SMARTS) is 1. The maximum absolute atomic E-state index is 12.9. The number of aliphatic hydroxyl groups is 1. The van der Waals surface area contributed by atoms with Gasteiger partial charge in [0, 0.05) is 6.42 Å². The molecule has 0 saturated carbocycles. The summed E-state index contributed by atoms with van der Waals surface area (Å²) in [5.41, 5.74) is 16.1. The van der Waals surface area contributed by atoms with Crippen molar-refractivity contribution in [2.45, 2.75) is 43.4 Å². The van der Waals surface area contributed by atoms with E-state index in [4.69, 9.17) is 22.3 Å². The summed E-state index contributed by atoms with van der Waals surface area (Å²) in [7, 11) is 0. The molecule has 0 aliphatic carbocycles. The van der Waals surface area contributed by atoms with E-state index in [1.165, 1.54) is 24.3 Å². The average molecular weight is 496 g/mol. The number of phenolic OH excluding ortho intramolecular Hbond substituents is 1. The number of carbonyl (C=O) groups excluding carboxylic acids is 5. The van der Waals surface area contributed by atoms with E-state index in [1.807, 2.05) is 5.32 Å². The normalized spacial score (nSPS) is 14.0. The molecule has 4 atom stereocenters. The van der Waals surface area contributed by atoms with E-state index in [1.54, 1.807) is 0 Å². The van der Waals surface area contributed by atoms with Crippen LogP contribution < -0.4 is 33.2 Å². The number of hydrogen-bond donors (Lipinski definition) is 9. The Morgan fingerprint density at radius 2 is 1.26 bits per heavy atom. The van der Waals surface area contributed by atoms with Gasteiger partial charge in [0.25, 0.3) is 0 Å². The van der Waals surface area contributed by atoms with Gasteiger partial charge in [-0.2, -0.15) is 0 Å². The molecule has 0 spiro atoms. The third-order valence-electron chi connectivity index (χ3n) is 4.60. The van der Waals surface area contributed by atoms with Crippen LogP contribution in [0.4, 0.5) is 0 Å². The summed E-state index contributed by atoms with van der Waals surface area (Å²) in [5.74, 6) is -6.48. The summed E-state index contributed by atoms with van der Waals surface area (Å²) in [6, 6.07) is -0.510. The Kier molecular flexibility index (Phi) is 11.1. The number of carbonyl (C=O) groups is 6. The predicted molar refractivity (Wildman–Crippen MR) is 118 cm³/mol. The van der Waals surface area contributed by atoms with Crippen LogP contribution in [0, 0.1) is 0 Å². The van der Waals surface area contributed by atoms with Crippen molar-refractivity contribution < 1.29 is 44.1 Å². The summed E-state index contributed by atoms with van der Waals surface area (Å²) < 4.78 is 0. The predicted octanol–water partition coefficient (Wildman–Crippen LogP) is -4.46. The molecule has 0 aromatic heterocycles. The van der Waals surface area contributed by atoms with Crippen LogP contribution in [0.25, 0.3) is 0 Å². The highest BCUT2D eigenvalue weighted by atomic mass is 16.4. The van der Waals surface area contributed by atoms with Gasteiger partial charge < -0.3 is 48.5 Å². The number of aliphatic carboxylic acids is 1. The monoisotopic (exact) mass is 496 g/mol. The number of carboxylic acids is 1. The maximum atomic E-state index is 12.9. The molecule has 35 heavy (non-hydrogen) atoms. The maximum Gasteiger partial charge on any atom is 0.326 e. The van der Waals surface area contributed by atoms with Crippen molar-refractivity contribution in [3.63, 3.8) is 0 Å². The van der Waals surface area contributed by atoms with Crippen molar-refractivity contribution in [3.05, 3.63) is 29.8 Å². The molecule has 1 aromatic carbocycles. The van der Waals surface area contributed by atoms with Gasteiger partial charge in [0.1, 0.15) is 23.9 Å². The van der Waals surface area contributed by atoms with E-state index in [-0.39, 0.29) is 12.2 Å². The molecule has 1 aromatic rings. The van der Waals surface area contributed by atoms with Gasteiger partial charge in [-0.1, -0.05) is 12.1 Å². The Bertz CT molecular complexity index is 953. The first-order valence-electron chi connectivity index (χ1n) is 10.2. The molecule has 192 valence electrons. The molecular formula is C20H28N6O9. The molecule has 0 heterocycles. The number of aliphatic hydroxyl groups excluding tert-OH is 1. The van der Waals surface area contributed by atoms with Crippen molar-refractivity contribution in [1.29, 1.82) is 0 Å². The molecule has 15 heteroatoms. The minimum absolute atomic E-state index is 0.0526. The number of nitrogens with one attached hydrogen (secondary N) is 3. The van der Waals surface area contributed by atoms with Crippen molar-refractivity contribution >= 4 is 35.5 Å². The van der Waals surface area contributed by atoms with Crippen LogP contribution in [0.2, 0.25) is 0 Å². The topological polar surface area (TPSA) is 277 Å². The summed E-state index contributed by atoms with van der Waals surface area (Å²) in [5, 5.41) is 34.6. The van der Waals surface area contributed by atoms with Crippen molar-refractivity contribution in [1.82, 2.24) is 16.0 Å². The number of amides is 5. The Labute approximate surface area is 199 Å². The zero-order valence-electron chi connectivity index (χ0n) is 18.5. The number of rotatable bonds is 14. The van der Waals surface area contributed by atoms with Crippen LogP contribution in [-0.4, -0.2) is 81.6 Å². The highest BCUT2D eigenvalue weighted by Crippen LogP contribution is 2.12. The Morgan fingerprint density at radius 1 is 0.771 bits per heavy atom. The van der Waals surface area contributed by atoms with E-state index in [0.29, 0.717) is 5.56 Å². The quantitative estimate of drug-likeness (QED) is 0.119. The average Bonchev–Trinajstić information content (AvgIpc) is 2.76. The van der Waals surface area contributed by atoms with Crippen LogP contribution in [0.3, 0.4) is 0 Å². The van der Waals surface area contributed by atoms with Gasteiger partial charge in [0.15, 0.2) is 0 Å². The fraction of sp³-hybridized carbons (Fsp3) is 0.400. The lowest BCUT2D eigenvalue weighted by molar-refractivity contribution is -0.144. The van der Waals surface area contributed by atoms with Crippen LogP contribution in [0.1, 0.15) is 18.4 Å². The van der Waals surface area contributed by atoms with Gasteiger partial charge in [-0.05, 0) is 17.7 Å². The van der Waals surface area contributed by atoms with Crippen molar-refractivity contribution in [2.24, 2.45) is 17.2 Å². The number of benzene rings is 1. The lowest BCUT2D eigenvalue weighted by atomic mass is 10.0. The van der Waals surface area contributed by atoms with E-state index in [2.05, 4.69) is 10.6 Å². The number of hydrogen-bond acceptors (Lipinski definition) is 9. The molecule has 0 fully saturated rings. The van der Waals surface area contributed by atoms with E-state index >= 15 is 0 Å². The van der Waals surface area contributed by atoms with Crippen molar-refractivity contribution in [2.75, 3.05) is 6.61 Å². The van der Waals surface area contributed by atoms with Gasteiger partial charge in [-0.15, -0.1) is 0 Å². The first-order chi connectivity index (χ1) is 16.3. The summed E-state index contributed by atoms with van der Waals surface area (Å²) >= 11 is 0. The van der Waals surface area contributed by atoms with Gasteiger partial charge in [-0.3, -0.25) is 24.0 Å². The summed E-state index contributed by atoms with van der Waals surface area (Å²) in [6.07, 6.45) is -1.39. The second-order valence-electron chi connectivity index (χ2n) is 7.52. The zero-order chi connectivity index (χ0) is 26.7. The van der Waals surface area contributed by atoms with Gasteiger partial charge in [0.05, 0.1) is 25.5 Å². The molecule has 0 bridgehead atoms. The third kappa shape index (κ3) is 10.1. The highest BCUT2D eigenvalue weighted by molar-refractivity contribution is 5.95. The lowest BCUT2D eigenvalue weighted by Gasteiger charge is -2.24. The standard InChI is InChI=1S/C20H28N6O9/c21-11(6-15(22)29)17(31)24-12(5-9-1-3-10(28)4-2-9)18(32)26-14(8-27)19(33)25-13(20(34)35)7-16(23)30/h1-4,11-14,27-28H,5-8,21H2,(H2,22,29)(H2,23,30)(H,24,31)(H,25,33)(H,26,32)(H,34,35). The molecule has 15 nitrogen and oxygen atoms in total. The number of aromatic hydroxyl groups is 1. The smallest absolute Gasteiger partial charge is 0.326 e. The van der Waals surface area contributed by atoms with Crippen LogP contribution in [0.5, 0.6) is 5.75 Å². The molecule has 0 aliphatic rings. The Balaban J connectivity index is 3.03. The van der Waals surface area contributed by atoms with Gasteiger partial charge >= 0.3 is 5.97 Å². The van der Waals surface area contributed by atoms with Crippen molar-refractivity contribution in [3.8, 4) is 5.75 Å². The molecule has 0 aliphatic heterocycles. The molecular weight excluding hydrogens is 468 g/mol. The summed E-state index contributed by atoms with van der Waals surface area (Å²) in [4.78, 5) is 70.9. The number of phenols is 1. The van der Waals surface area contributed by atoms with Crippen LogP contribution in [0.15, 0.2) is 24.3 Å². The van der Waals surface area contributed by atoms with Crippen LogP contribution in [-0.2, 0) is 35.2 Å². The zero-order valence-corrected chi connectivity index (χ0v) is 18.5. The molecule has 0 radical (unpaired) electrons.